The maximum atomic E-state index is 11.6. The highest BCUT2D eigenvalue weighted by atomic mass is 32.2. The summed E-state index contributed by atoms with van der Waals surface area (Å²) in [6.07, 6.45) is 0. The fourth-order valence-electron chi connectivity index (χ4n) is 1.75. The quantitative estimate of drug-likeness (QED) is 0.790. The first-order valence-electron chi connectivity index (χ1n) is 6.13. The van der Waals surface area contributed by atoms with Crippen LogP contribution in [0.15, 0.2) is 26.5 Å². The molecule has 0 fully saturated rings. The van der Waals surface area contributed by atoms with Crippen LogP contribution >= 0.6 is 11.8 Å². The maximum absolute atomic E-state index is 11.6. The molecule has 2 heterocycles. The first-order chi connectivity index (χ1) is 9.11. The summed E-state index contributed by atoms with van der Waals surface area (Å²) in [4.78, 5) is 11.6. The van der Waals surface area contributed by atoms with E-state index in [1.807, 2.05) is 33.0 Å². The summed E-state index contributed by atoms with van der Waals surface area (Å²) in [5.41, 5.74) is -0.173. The third kappa shape index (κ3) is 3.30. The highest BCUT2D eigenvalue weighted by Crippen LogP contribution is 2.22. The van der Waals surface area contributed by atoms with Crippen LogP contribution in [-0.4, -0.2) is 21.8 Å². The number of rotatable bonds is 6. The van der Waals surface area contributed by atoms with E-state index in [0.717, 1.165) is 11.5 Å². The Bertz CT molecular complexity index is 585. The van der Waals surface area contributed by atoms with Gasteiger partial charge in [-0.15, -0.1) is 5.10 Å². The van der Waals surface area contributed by atoms with Gasteiger partial charge in [-0.3, -0.25) is 4.57 Å². The molecule has 2 aromatic rings. The van der Waals surface area contributed by atoms with E-state index >= 15 is 0 Å². The molecule has 0 aromatic carbocycles. The molecule has 0 spiro atoms. The van der Waals surface area contributed by atoms with Crippen molar-refractivity contribution in [2.45, 2.75) is 37.3 Å². The van der Waals surface area contributed by atoms with E-state index in [9.17, 15) is 4.79 Å². The average Bonchev–Trinajstić information content (AvgIpc) is 2.94. The lowest BCUT2D eigenvalue weighted by atomic mass is 10.4. The minimum Gasteiger partial charge on any atom is -0.464 e. The van der Waals surface area contributed by atoms with Gasteiger partial charge in [0.1, 0.15) is 11.5 Å². The van der Waals surface area contributed by atoms with Crippen molar-refractivity contribution in [3.8, 4) is 0 Å². The summed E-state index contributed by atoms with van der Waals surface area (Å²) in [5.74, 6) is 2.43. The van der Waals surface area contributed by atoms with Crippen molar-refractivity contribution in [1.29, 1.82) is 0 Å². The molecule has 2 rings (SSSR count). The van der Waals surface area contributed by atoms with Crippen LogP contribution in [0.2, 0.25) is 0 Å². The zero-order valence-corrected chi connectivity index (χ0v) is 12.1. The minimum absolute atomic E-state index is 0.0882. The van der Waals surface area contributed by atoms with E-state index in [4.69, 9.17) is 4.42 Å². The molecule has 0 aliphatic rings. The van der Waals surface area contributed by atoms with Crippen LogP contribution in [0.1, 0.15) is 31.4 Å². The van der Waals surface area contributed by atoms with Crippen molar-refractivity contribution >= 4 is 11.8 Å². The lowest BCUT2D eigenvalue weighted by molar-refractivity contribution is 0.468. The molecule has 0 unspecified atom stereocenters. The van der Waals surface area contributed by atoms with Crippen molar-refractivity contribution in [2.24, 2.45) is 0 Å². The summed E-state index contributed by atoms with van der Waals surface area (Å²) in [6.45, 7) is 4.63. The SMILES string of the molecule is CNCc1ccc(CSc2n[nH]c(=O)n2C(C)C)o1. The number of aromatic nitrogens is 3. The van der Waals surface area contributed by atoms with Crippen molar-refractivity contribution < 1.29 is 4.42 Å². The second kappa shape index (κ2) is 6.12. The predicted molar refractivity (Wildman–Crippen MR) is 74.3 cm³/mol. The lowest BCUT2D eigenvalue weighted by Crippen LogP contribution is -2.19. The molecule has 6 nitrogen and oxygen atoms in total. The predicted octanol–water partition coefficient (Wildman–Crippen LogP) is 1.76. The second-order valence-corrected chi connectivity index (χ2v) is 5.40. The largest absolute Gasteiger partial charge is 0.464 e. The van der Waals surface area contributed by atoms with E-state index in [-0.39, 0.29) is 11.7 Å². The maximum Gasteiger partial charge on any atom is 0.344 e. The van der Waals surface area contributed by atoms with Gasteiger partial charge in [0.05, 0.1) is 12.3 Å². The van der Waals surface area contributed by atoms with E-state index in [0.29, 0.717) is 17.5 Å². The first-order valence-corrected chi connectivity index (χ1v) is 7.12. The van der Waals surface area contributed by atoms with Crippen LogP contribution in [0.5, 0.6) is 0 Å². The van der Waals surface area contributed by atoms with E-state index in [2.05, 4.69) is 15.5 Å². The number of nitrogens with zero attached hydrogens (tertiary/aromatic N) is 2. The normalized spacial score (nSPS) is 11.4. The first kappa shape index (κ1) is 14.0. The van der Waals surface area contributed by atoms with Crippen molar-refractivity contribution in [1.82, 2.24) is 20.1 Å². The standard InChI is InChI=1S/C12H18N4O2S/c1-8(2)16-11(17)14-15-12(16)19-7-10-5-4-9(18-10)6-13-3/h4-5,8,13H,6-7H2,1-3H3,(H,14,17). The molecule has 0 aliphatic carbocycles. The summed E-state index contributed by atoms with van der Waals surface area (Å²) < 4.78 is 7.29. The third-order valence-electron chi connectivity index (χ3n) is 2.60. The Morgan fingerprint density at radius 2 is 2.21 bits per heavy atom. The third-order valence-corrected chi connectivity index (χ3v) is 3.58. The van der Waals surface area contributed by atoms with Crippen LogP contribution in [0, 0.1) is 0 Å². The molecule has 0 atom stereocenters. The molecule has 104 valence electrons. The topological polar surface area (TPSA) is 75.8 Å². The van der Waals surface area contributed by atoms with Crippen LogP contribution in [0.25, 0.3) is 0 Å². The molecule has 0 saturated carbocycles. The van der Waals surface area contributed by atoms with Gasteiger partial charge >= 0.3 is 5.69 Å². The Labute approximate surface area is 115 Å². The van der Waals surface area contributed by atoms with Crippen LogP contribution in [0.4, 0.5) is 0 Å². The van der Waals surface area contributed by atoms with Crippen LogP contribution < -0.4 is 11.0 Å². The highest BCUT2D eigenvalue weighted by Gasteiger charge is 2.12. The number of H-pyrrole nitrogens is 1. The smallest absolute Gasteiger partial charge is 0.344 e. The monoisotopic (exact) mass is 282 g/mol. The van der Waals surface area contributed by atoms with Crippen LogP contribution in [-0.2, 0) is 12.3 Å². The van der Waals surface area contributed by atoms with Gasteiger partial charge in [0.15, 0.2) is 5.16 Å². The fraction of sp³-hybridized carbons (Fsp3) is 0.500. The molecule has 0 saturated heterocycles. The van der Waals surface area contributed by atoms with E-state index < -0.39 is 0 Å². The second-order valence-electron chi connectivity index (χ2n) is 4.46. The number of hydrogen-bond acceptors (Lipinski definition) is 5. The minimum atomic E-state index is -0.173. The lowest BCUT2D eigenvalue weighted by Gasteiger charge is -2.07. The Balaban J connectivity index is 2.04. The Morgan fingerprint density at radius 3 is 2.89 bits per heavy atom. The highest BCUT2D eigenvalue weighted by molar-refractivity contribution is 7.98. The summed E-state index contributed by atoms with van der Waals surface area (Å²) in [6, 6.07) is 3.99. The van der Waals surface area contributed by atoms with Gasteiger partial charge < -0.3 is 9.73 Å². The molecule has 19 heavy (non-hydrogen) atoms. The van der Waals surface area contributed by atoms with E-state index in [1.54, 1.807) is 4.57 Å². The average molecular weight is 282 g/mol. The van der Waals surface area contributed by atoms with Gasteiger partial charge in [-0.05, 0) is 33.0 Å². The zero-order chi connectivity index (χ0) is 13.8. The number of hydrogen-bond donors (Lipinski definition) is 2. The van der Waals surface area contributed by atoms with Crippen LogP contribution in [0.3, 0.4) is 0 Å². The van der Waals surface area contributed by atoms with Gasteiger partial charge in [0.25, 0.3) is 0 Å². The molecule has 2 aromatic heterocycles. The van der Waals surface area contributed by atoms with Gasteiger partial charge in [0.2, 0.25) is 0 Å². The van der Waals surface area contributed by atoms with Crippen molar-refractivity contribution in [3.63, 3.8) is 0 Å². The molecule has 0 bridgehead atoms. The summed E-state index contributed by atoms with van der Waals surface area (Å²) in [7, 11) is 1.88. The molecular formula is C12H18N4O2S. The van der Waals surface area contributed by atoms with Gasteiger partial charge in [-0.1, -0.05) is 11.8 Å². The number of thioether (sulfide) groups is 1. The zero-order valence-electron chi connectivity index (χ0n) is 11.3. The number of aromatic amines is 1. The van der Waals surface area contributed by atoms with Gasteiger partial charge in [0, 0.05) is 6.04 Å². The molecule has 7 heteroatoms. The molecule has 0 radical (unpaired) electrons. The number of furan rings is 1. The molecule has 2 N–H and O–H groups in total. The van der Waals surface area contributed by atoms with E-state index in [1.165, 1.54) is 11.8 Å². The molecule has 0 aliphatic heterocycles. The van der Waals surface area contributed by atoms with Crippen molar-refractivity contribution in [2.75, 3.05) is 7.05 Å². The Morgan fingerprint density at radius 1 is 1.47 bits per heavy atom. The summed E-state index contributed by atoms with van der Waals surface area (Å²) >= 11 is 1.49. The van der Waals surface area contributed by atoms with Gasteiger partial charge in [-0.2, -0.15) is 0 Å². The fourth-order valence-corrected chi connectivity index (χ4v) is 2.72. The molecule has 0 amide bonds. The molecular weight excluding hydrogens is 264 g/mol. The summed E-state index contributed by atoms with van der Waals surface area (Å²) in [5, 5.41) is 10.2. The Kier molecular flexibility index (Phi) is 4.49. The Hall–Kier alpha value is -1.47. The van der Waals surface area contributed by atoms with Gasteiger partial charge in [-0.25, -0.2) is 9.89 Å². The number of nitrogens with one attached hydrogen (secondary N) is 2. The van der Waals surface area contributed by atoms with Crippen molar-refractivity contribution in [3.05, 3.63) is 34.1 Å².